The van der Waals surface area contributed by atoms with E-state index in [4.69, 9.17) is 18.9 Å². The predicted octanol–water partition coefficient (Wildman–Crippen LogP) is 15.5. The second kappa shape index (κ2) is 24.0. The molecule has 12 heteroatoms. The fourth-order valence-electron chi connectivity index (χ4n) is 9.80. The Morgan fingerprint density at radius 1 is 0.272 bits per heavy atom. The zero-order chi connectivity index (χ0) is 62.2. The van der Waals surface area contributed by atoms with Crippen LogP contribution in [0.1, 0.15) is 259 Å². The number of hydrogen-bond acceptors (Lipinski definition) is 12. The van der Waals surface area contributed by atoms with E-state index in [2.05, 4.69) is 0 Å². The van der Waals surface area contributed by atoms with Crippen molar-refractivity contribution in [3.63, 3.8) is 0 Å². The molecule has 12 nitrogen and oxygen atoms in total. The van der Waals surface area contributed by atoms with Crippen LogP contribution in [0.3, 0.4) is 0 Å². The topological polar surface area (TPSA) is 186 Å². The van der Waals surface area contributed by atoms with Gasteiger partial charge in [-0.2, -0.15) is 0 Å². The van der Waals surface area contributed by atoms with Gasteiger partial charge in [0.1, 0.15) is 23.0 Å². The average Bonchev–Trinajstić information content (AvgIpc) is 3.26. The first-order valence-electron chi connectivity index (χ1n) is 28.8. The molecule has 0 aliphatic carbocycles. The summed E-state index contributed by atoms with van der Waals surface area (Å²) >= 11 is 0. The highest BCUT2D eigenvalue weighted by molar-refractivity contribution is 5.76. The van der Waals surface area contributed by atoms with Crippen LogP contribution < -0.4 is 0 Å². The first-order valence-corrected chi connectivity index (χ1v) is 28.8. The second-order valence-corrected chi connectivity index (χ2v) is 30.6. The molecule has 0 aliphatic rings. The molecule has 0 unspecified atom stereocenters. The average molecular weight is 1120 g/mol. The minimum Gasteiger partial charge on any atom is -0.507 e. The molecule has 0 amide bonds. The fraction of sp³-hybridized carbons (Fsp3) is 0.594. The predicted molar refractivity (Wildman–Crippen MR) is 322 cm³/mol. The number of hydrogen-bond donors (Lipinski definition) is 4. The molecule has 0 aliphatic heterocycles. The summed E-state index contributed by atoms with van der Waals surface area (Å²) in [6, 6.07) is 14.7. The number of phenolic OH excluding ortho intramolecular Hbond substituents is 4. The Morgan fingerprint density at radius 3 is 0.506 bits per heavy atom. The lowest BCUT2D eigenvalue weighted by molar-refractivity contribution is -0.432. The molecule has 448 valence electrons. The van der Waals surface area contributed by atoms with Gasteiger partial charge in [0.15, 0.2) is 0 Å². The van der Waals surface area contributed by atoms with Crippen molar-refractivity contribution in [1.82, 2.24) is 0 Å². The molecule has 81 heavy (non-hydrogen) atoms. The van der Waals surface area contributed by atoms with Crippen molar-refractivity contribution in [2.75, 3.05) is 0 Å². The summed E-state index contributed by atoms with van der Waals surface area (Å²) in [4.78, 5) is 58.1. The van der Waals surface area contributed by atoms with E-state index in [1.807, 2.05) is 215 Å². The smallest absolute Gasteiger partial charge is 0.507 e. The van der Waals surface area contributed by atoms with Crippen LogP contribution in [0.5, 0.6) is 23.0 Å². The lowest BCUT2D eigenvalue weighted by Crippen LogP contribution is -2.48. The molecule has 0 saturated heterocycles. The molecule has 0 bridgehead atoms. The van der Waals surface area contributed by atoms with Gasteiger partial charge in [0.2, 0.25) is 0 Å². The van der Waals surface area contributed by atoms with Crippen LogP contribution in [0.4, 0.5) is 0 Å². The second-order valence-electron chi connectivity index (χ2n) is 30.6. The molecule has 0 atom stereocenters. The Labute approximate surface area is 485 Å². The summed E-state index contributed by atoms with van der Waals surface area (Å²) in [5.41, 5.74) is 4.46. The summed E-state index contributed by atoms with van der Waals surface area (Å²) < 4.78 is 23.8. The third kappa shape index (κ3) is 18.0. The van der Waals surface area contributed by atoms with Crippen LogP contribution in [0.15, 0.2) is 48.5 Å². The van der Waals surface area contributed by atoms with Crippen LogP contribution in [-0.4, -0.2) is 50.5 Å². The Kier molecular flexibility index (Phi) is 20.0. The van der Waals surface area contributed by atoms with Crippen LogP contribution in [0.2, 0.25) is 0 Å². The number of rotatable bonds is 16. The zero-order valence-electron chi connectivity index (χ0n) is 53.8. The van der Waals surface area contributed by atoms with Crippen molar-refractivity contribution < 1.29 is 58.6 Å². The van der Waals surface area contributed by atoms with Crippen molar-refractivity contribution in [3.05, 3.63) is 115 Å². The Hall–Kier alpha value is -6.04. The maximum absolute atomic E-state index is 14.5. The highest BCUT2D eigenvalue weighted by atomic mass is 17.0. The van der Waals surface area contributed by atoms with E-state index in [1.54, 1.807) is 0 Å². The Balaban J connectivity index is 1.89. The van der Waals surface area contributed by atoms with E-state index < -0.39 is 73.4 Å². The van der Waals surface area contributed by atoms with Crippen molar-refractivity contribution in [2.45, 2.75) is 267 Å². The largest absolute Gasteiger partial charge is 0.619 e. The maximum atomic E-state index is 14.5. The molecule has 4 aromatic rings. The molecule has 0 fully saturated rings. The van der Waals surface area contributed by atoms with Crippen LogP contribution in [-0.2, 0) is 107 Å². The van der Waals surface area contributed by atoms with Crippen molar-refractivity contribution in [3.8, 4) is 23.0 Å². The lowest BCUT2D eigenvalue weighted by atomic mass is 9.78. The SMILES string of the molecule is CC(C)(C)c1cc(CCC(=O)OC(OC(=O)CCc2cc(C(C)(C)C)c(O)c(C(C)(C)C)c2)(OC(=O)CCc2cc(C(C)(C)C)c(O)c(C(C)(C)C)c2)OC(=O)CCc2cc(C(C)(C)C)c(O)c(C(C)(C)C)c2)cc(C(C)(C)C)c1O. The van der Waals surface area contributed by atoms with E-state index in [0.717, 1.165) is 0 Å². The lowest BCUT2D eigenvalue weighted by Gasteiger charge is -2.30. The highest BCUT2D eigenvalue weighted by Crippen LogP contribution is 2.44. The van der Waals surface area contributed by atoms with Crippen LogP contribution >= 0.6 is 0 Å². The van der Waals surface area contributed by atoms with Gasteiger partial charge in [-0.1, -0.05) is 215 Å². The number of carbonyl (C=O) groups is 4. The molecule has 0 radical (unpaired) electrons. The van der Waals surface area contributed by atoms with E-state index in [9.17, 15) is 39.6 Å². The number of esters is 4. The van der Waals surface area contributed by atoms with Crippen molar-refractivity contribution in [1.29, 1.82) is 0 Å². The molecular weight excluding hydrogens is 1020 g/mol. The molecular formula is C69H100O12. The number of carbonyl (C=O) groups excluding carboxylic acids is 4. The summed E-state index contributed by atoms with van der Waals surface area (Å²) in [7, 11) is 0. The van der Waals surface area contributed by atoms with Crippen molar-refractivity contribution >= 4 is 23.9 Å². The molecule has 0 heterocycles. The molecule has 0 spiro atoms. The summed E-state index contributed by atoms with van der Waals surface area (Å²) in [5, 5.41) is 45.9. The molecule has 0 aromatic heterocycles. The number of phenols is 4. The quantitative estimate of drug-likeness (QED) is 0.0615. The zero-order valence-corrected chi connectivity index (χ0v) is 53.8. The molecule has 4 N–H and O–H groups in total. The number of ether oxygens (including phenoxy) is 4. The summed E-state index contributed by atoms with van der Waals surface area (Å²) in [5.74, 6) is -3.46. The van der Waals surface area contributed by atoms with E-state index in [0.29, 0.717) is 66.8 Å². The standard InChI is InChI=1S/C69H100O12/c1-61(2,3)45-33-41(34-46(57(45)74)62(4,5)6)25-29-53(70)78-69(79-54(71)30-26-42-35-47(63(7,8)9)58(75)48(36-42)64(10,11)12,80-55(72)31-27-43-37-49(65(13,14)15)59(76)50(38-43)66(16,17)18)81-56(73)32-28-44-39-51(67(19,20)21)60(77)52(40-44)68(22,23)24/h33-40,74-77H,25-32H2,1-24H3. The van der Waals surface area contributed by atoms with E-state index >= 15 is 0 Å². The fourth-order valence-corrected chi connectivity index (χ4v) is 9.80. The van der Waals surface area contributed by atoms with E-state index in [1.165, 1.54) is 0 Å². The van der Waals surface area contributed by atoms with Gasteiger partial charge in [0, 0.05) is 25.7 Å². The van der Waals surface area contributed by atoms with E-state index in [-0.39, 0.29) is 74.4 Å². The number of aryl methyl sites for hydroxylation is 4. The maximum Gasteiger partial charge on any atom is 0.619 e. The first-order chi connectivity index (χ1) is 36.4. The van der Waals surface area contributed by atoms with Crippen molar-refractivity contribution in [2.24, 2.45) is 0 Å². The highest BCUT2D eigenvalue weighted by Gasteiger charge is 2.50. The van der Waals surface area contributed by atoms with Gasteiger partial charge in [-0.15, -0.1) is 0 Å². The van der Waals surface area contributed by atoms with Gasteiger partial charge >= 0.3 is 30.0 Å². The van der Waals surface area contributed by atoms with Gasteiger partial charge < -0.3 is 39.4 Å². The Morgan fingerprint density at radius 2 is 0.395 bits per heavy atom. The molecule has 4 rings (SSSR count). The number of benzene rings is 4. The van der Waals surface area contributed by atoms with Crippen LogP contribution in [0, 0.1) is 0 Å². The van der Waals surface area contributed by atoms with Gasteiger partial charge in [-0.25, -0.2) is 0 Å². The molecule has 0 saturated carbocycles. The minimum atomic E-state index is -3.34. The third-order valence-corrected chi connectivity index (χ3v) is 14.6. The monoisotopic (exact) mass is 1120 g/mol. The van der Waals surface area contributed by atoms with Gasteiger partial charge in [-0.3, -0.25) is 19.2 Å². The normalized spacial score (nSPS) is 13.2. The third-order valence-electron chi connectivity index (χ3n) is 14.6. The summed E-state index contributed by atoms with van der Waals surface area (Å²) in [6.45, 7) is 47.6. The number of aromatic hydroxyl groups is 4. The van der Waals surface area contributed by atoms with Gasteiger partial charge in [0.05, 0.1) is 0 Å². The summed E-state index contributed by atoms with van der Waals surface area (Å²) in [6.07, 6.45) is -4.48. The molecule has 4 aromatic carbocycles. The van der Waals surface area contributed by atoms with Gasteiger partial charge in [-0.05, 0) is 136 Å². The minimum absolute atomic E-state index is 0.0738. The Bertz CT molecular complexity index is 2410. The van der Waals surface area contributed by atoms with Gasteiger partial charge in [0.25, 0.3) is 0 Å². The first kappa shape index (κ1) is 67.5. The van der Waals surface area contributed by atoms with Crippen LogP contribution in [0.25, 0.3) is 0 Å².